The molecule has 5 rings (SSSR count). The molecule has 1 N–H and O–H groups in total. The summed E-state index contributed by atoms with van der Waals surface area (Å²) >= 11 is 0. The van der Waals surface area contributed by atoms with E-state index in [9.17, 15) is 14.8 Å². The Labute approximate surface area is 231 Å². The zero-order chi connectivity index (χ0) is 28.1. The summed E-state index contributed by atoms with van der Waals surface area (Å²) in [5.41, 5.74) is 6.63. The third-order valence-corrected chi connectivity index (χ3v) is 6.68. The monoisotopic (exact) mass is 543 g/mol. The van der Waals surface area contributed by atoms with Gasteiger partial charge in [0.2, 0.25) is 0 Å². The van der Waals surface area contributed by atoms with E-state index in [1.54, 1.807) is 18.2 Å². The van der Waals surface area contributed by atoms with Crippen LogP contribution in [0.25, 0.3) is 33.3 Å². The molecule has 206 valence electrons. The van der Waals surface area contributed by atoms with Crippen LogP contribution in [-0.4, -0.2) is 50.4 Å². The smallest absolute Gasteiger partial charge is 0.279 e. The van der Waals surface area contributed by atoms with E-state index in [0.717, 1.165) is 24.0 Å². The summed E-state index contributed by atoms with van der Waals surface area (Å²) in [6.07, 6.45) is 4.62. The number of hydrogen-bond donors (Lipinski definition) is 1. The number of ketones is 1. The zero-order valence-electron chi connectivity index (χ0n) is 22.2. The summed E-state index contributed by atoms with van der Waals surface area (Å²) < 4.78 is 16.8. The molecule has 10 nitrogen and oxygen atoms in total. The number of nitrogens with one attached hydrogen (secondary N) is 1. The fourth-order valence-electron chi connectivity index (χ4n) is 4.65. The minimum absolute atomic E-state index is 0.0317. The highest BCUT2D eigenvalue weighted by Gasteiger charge is 2.26. The Balaban J connectivity index is 1.48. The summed E-state index contributed by atoms with van der Waals surface area (Å²) in [6.45, 7) is 0.596. The van der Waals surface area contributed by atoms with Gasteiger partial charge in [-0.25, -0.2) is 15.3 Å². The summed E-state index contributed by atoms with van der Waals surface area (Å²) in [6, 6.07) is 16.4. The van der Waals surface area contributed by atoms with Crippen molar-refractivity contribution >= 4 is 22.6 Å². The van der Waals surface area contributed by atoms with Gasteiger partial charge in [-0.1, -0.05) is 48.5 Å². The molecule has 4 aromatic rings. The van der Waals surface area contributed by atoms with Crippen molar-refractivity contribution in [3.63, 3.8) is 0 Å². The molecule has 1 saturated heterocycles. The van der Waals surface area contributed by atoms with Gasteiger partial charge in [0, 0.05) is 37.3 Å². The third-order valence-electron chi connectivity index (χ3n) is 6.68. The first-order valence-electron chi connectivity index (χ1n) is 12.9. The van der Waals surface area contributed by atoms with Crippen molar-refractivity contribution in [3.8, 4) is 28.1 Å². The quantitative estimate of drug-likeness (QED) is 0.144. The third kappa shape index (κ3) is 5.79. The van der Waals surface area contributed by atoms with Crippen LogP contribution >= 0.6 is 0 Å². The maximum atomic E-state index is 13.4. The molecule has 0 bridgehead atoms. The fourth-order valence-corrected chi connectivity index (χ4v) is 4.65. The summed E-state index contributed by atoms with van der Waals surface area (Å²) in [4.78, 5) is 35.7. The van der Waals surface area contributed by atoms with E-state index in [2.05, 4.69) is 5.48 Å². The van der Waals surface area contributed by atoms with Gasteiger partial charge in [0.05, 0.1) is 18.0 Å². The molecule has 1 amide bonds. The second-order valence-electron chi connectivity index (χ2n) is 9.33. The average molecular weight is 544 g/mol. The van der Waals surface area contributed by atoms with Crippen molar-refractivity contribution in [1.82, 2.24) is 10.5 Å². The molecule has 1 aliphatic rings. The lowest BCUT2D eigenvalue weighted by Gasteiger charge is -2.22. The molecule has 1 atom stereocenters. The van der Waals surface area contributed by atoms with Crippen LogP contribution in [0, 0.1) is 5.21 Å². The van der Waals surface area contributed by atoms with Gasteiger partial charge in [-0.05, 0) is 24.0 Å². The molecule has 10 heteroatoms. The van der Waals surface area contributed by atoms with Crippen LogP contribution in [-0.2, 0) is 14.3 Å². The lowest BCUT2D eigenvalue weighted by Crippen LogP contribution is -2.34. The van der Waals surface area contributed by atoms with Crippen LogP contribution in [0.1, 0.15) is 40.0 Å². The summed E-state index contributed by atoms with van der Waals surface area (Å²) in [7, 11) is 2.94. The largest absolute Gasteiger partial charge is 0.619 e. The Morgan fingerprint density at radius 3 is 2.38 bits per heavy atom. The van der Waals surface area contributed by atoms with Crippen LogP contribution < -0.4 is 14.9 Å². The number of carbonyl (C=O) groups is 2. The maximum Gasteiger partial charge on any atom is 0.279 e. The first-order valence-corrected chi connectivity index (χ1v) is 12.9. The number of ether oxygens (including phenoxy) is 3. The molecule has 0 saturated carbocycles. The predicted molar refractivity (Wildman–Crippen MR) is 146 cm³/mol. The van der Waals surface area contributed by atoms with E-state index in [-0.39, 0.29) is 23.7 Å². The lowest BCUT2D eigenvalue weighted by molar-refractivity contribution is -0.603. The molecule has 2 aromatic heterocycles. The number of benzene rings is 2. The molecule has 1 fully saturated rings. The second-order valence-corrected chi connectivity index (χ2v) is 9.33. The van der Waals surface area contributed by atoms with Crippen LogP contribution in [0.2, 0.25) is 0 Å². The number of rotatable bonds is 9. The summed E-state index contributed by atoms with van der Waals surface area (Å²) in [5, 5.41) is 12.4. The number of carbonyl (C=O) groups excluding carboxylic acids is 2. The van der Waals surface area contributed by atoms with Crippen LogP contribution in [0.5, 0.6) is 5.75 Å². The van der Waals surface area contributed by atoms with Gasteiger partial charge in [0.25, 0.3) is 5.91 Å². The van der Waals surface area contributed by atoms with Gasteiger partial charge in [-0.3, -0.25) is 9.59 Å². The number of aromatic nitrogens is 2. The Kier molecular flexibility index (Phi) is 8.30. The van der Waals surface area contributed by atoms with Gasteiger partial charge in [0.15, 0.2) is 30.2 Å². The normalized spacial score (nSPS) is 15.1. The molecular formula is C30H29N3O7. The SMILES string of the molecule is COCC(=O)c1ccc(-c2ccc(-c3nc4cc[n+]([O-])cc4c(C(=O)NOC4CCCCO4)c3OC)cc2)cc1. The lowest BCUT2D eigenvalue weighted by atomic mass is 9.99. The van der Waals surface area contributed by atoms with Gasteiger partial charge >= 0.3 is 0 Å². The Morgan fingerprint density at radius 2 is 1.73 bits per heavy atom. The van der Waals surface area contributed by atoms with E-state index in [0.29, 0.717) is 45.5 Å². The van der Waals surface area contributed by atoms with Crippen LogP contribution in [0.4, 0.5) is 0 Å². The van der Waals surface area contributed by atoms with Crippen LogP contribution in [0.15, 0.2) is 67.0 Å². The van der Waals surface area contributed by atoms with E-state index >= 15 is 0 Å². The van der Waals surface area contributed by atoms with Crippen molar-refractivity contribution in [3.05, 3.63) is 83.3 Å². The van der Waals surface area contributed by atoms with Crippen molar-refractivity contribution in [2.45, 2.75) is 25.6 Å². The highest BCUT2D eigenvalue weighted by atomic mass is 16.8. The number of hydroxylamine groups is 1. The first kappa shape index (κ1) is 27.2. The minimum Gasteiger partial charge on any atom is -0.619 e. The number of methoxy groups -OCH3 is 2. The standard InChI is InChI=1S/C30H29N3O7/c1-37-18-25(34)21-10-6-19(7-11-21)20-8-12-22(13-9-20)28-29(38-2)27(23-17-33(36)15-14-24(23)31-28)30(35)32-40-26-5-3-4-16-39-26/h6-15,17,26H,3-5,16,18H2,1-2H3,(H,32,35). The van der Waals surface area contributed by atoms with E-state index < -0.39 is 12.2 Å². The number of nitrogens with zero attached hydrogens (tertiary/aromatic N) is 2. The molecule has 1 aliphatic heterocycles. The molecule has 2 aromatic carbocycles. The Bertz CT molecular complexity index is 1520. The maximum absolute atomic E-state index is 13.4. The highest BCUT2D eigenvalue weighted by Crippen LogP contribution is 2.36. The molecule has 3 heterocycles. The average Bonchev–Trinajstić information content (AvgIpc) is 2.99. The number of fused-ring (bicyclic) bond motifs is 1. The fraction of sp³-hybridized carbons (Fsp3) is 0.267. The molecule has 1 unspecified atom stereocenters. The second kappa shape index (κ2) is 12.2. The van der Waals surface area contributed by atoms with E-state index in [1.807, 2.05) is 36.4 Å². The molecule has 40 heavy (non-hydrogen) atoms. The van der Waals surface area contributed by atoms with Gasteiger partial charge in [0.1, 0.15) is 17.9 Å². The first-order chi connectivity index (χ1) is 19.5. The van der Waals surface area contributed by atoms with Gasteiger partial charge in [-0.15, -0.1) is 0 Å². The number of amides is 1. The number of hydrogen-bond acceptors (Lipinski definition) is 8. The Morgan fingerprint density at radius 1 is 1.02 bits per heavy atom. The van der Waals surface area contributed by atoms with Crippen LogP contribution in [0.3, 0.4) is 0 Å². The van der Waals surface area contributed by atoms with Crippen molar-refractivity contribution in [2.24, 2.45) is 0 Å². The number of pyridine rings is 2. The number of Topliss-reactive ketones (excluding diaryl/α,β-unsaturated/α-hetero) is 1. The Hall–Kier alpha value is -4.38. The van der Waals surface area contributed by atoms with E-state index in [1.165, 1.54) is 26.6 Å². The minimum atomic E-state index is -0.578. The zero-order valence-corrected chi connectivity index (χ0v) is 22.2. The molecular weight excluding hydrogens is 514 g/mol. The van der Waals surface area contributed by atoms with Gasteiger partial charge < -0.3 is 19.4 Å². The predicted octanol–water partition coefficient (Wildman–Crippen LogP) is 4.23. The van der Waals surface area contributed by atoms with Gasteiger partial charge in [-0.2, -0.15) is 4.73 Å². The van der Waals surface area contributed by atoms with E-state index in [4.69, 9.17) is 24.0 Å². The molecule has 0 spiro atoms. The van der Waals surface area contributed by atoms with Crippen molar-refractivity contribution in [1.29, 1.82) is 0 Å². The molecule has 0 radical (unpaired) electrons. The topological polar surface area (TPSA) is 123 Å². The molecule has 0 aliphatic carbocycles. The van der Waals surface area contributed by atoms with Crippen molar-refractivity contribution < 1.29 is 33.4 Å². The summed E-state index contributed by atoms with van der Waals surface area (Å²) in [5.74, 6) is -0.457. The van der Waals surface area contributed by atoms with Crippen molar-refractivity contribution in [2.75, 3.05) is 27.4 Å². The highest BCUT2D eigenvalue weighted by molar-refractivity contribution is 6.09.